The van der Waals surface area contributed by atoms with Gasteiger partial charge in [-0.15, -0.1) is 11.3 Å². The van der Waals surface area contributed by atoms with Crippen LogP contribution in [0.1, 0.15) is 4.88 Å². The summed E-state index contributed by atoms with van der Waals surface area (Å²) in [6, 6.07) is 4.19. The standard InChI is InChI=1S/C13H18SSi/c1-15(2,3)12-7-5-4-6-9-13-10-8-11-14-13/h4-12H,1-3H3/b5-4+,9-6+,12-7+. The maximum absolute atomic E-state index is 2.34. The normalized spacial score (nSPS) is 13.5. The molecule has 0 saturated heterocycles. The Balaban J connectivity index is 2.38. The van der Waals surface area contributed by atoms with Crippen LogP contribution in [0.25, 0.3) is 6.08 Å². The minimum Gasteiger partial charge on any atom is -0.144 e. The van der Waals surface area contributed by atoms with Crippen LogP contribution in [-0.4, -0.2) is 8.07 Å². The zero-order valence-electron chi connectivity index (χ0n) is 9.60. The van der Waals surface area contributed by atoms with Gasteiger partial charge in [0.2, 0.25) is 0 Å². The van der Waals surface area contributed by atoms with Crippen LogP contribution in [-0.2, 0) is 0 Å². The van der Waals surface area contributed by atoms with Crippen LogP contribution in [0.5, 0.6) is 0 Å². The first-order valence-electron chi connectivity index (χ1n) is 5.14. The summed E-state index contributed by atoms with van der Waals surface area (Å²) in [5.41, 5.74) is 2.34. The molecule has 0 saturated carbocycles. The topological polar surface area (TPSA) is 0 Å². The molecule has 0 atom stereocenters. The van der Waals surface area contributed by atoms with Crippen molar-refractivity contribution < 1.29 is 0 Å². The monoisotopic (exact) mass is 234 g/mol. The average Bonchev–Trinajstić information content (AvgIpc) is 2.61. The zero-order chi connectivity index (χ0) is 11.1. The molecule has 0 spiro atoms. The third-order valence-electron chi connectivity index (χ3n) is 1.73. The molecular weight excluding hydrogens is 216 g/mol. The summed E-state index contributed by atoms with van der Waals surface area (Å²) in [6.45, 7) is 7.00. The highest BCUT2D eigenvalue weighted by molar-refractivity contribution is 7.10. The average molecular weight is 234 g/mol. The van der Waals surface area contributed by atoms with Gasteiger partial charge in [0.1, 0.15) is 0 Å². The summed E-state index contributed by atoms with van der Waals surface area (Å²) in [7, 11) is -1.02. The molecule has 80 valence electrons. The van der Waals surface area contributed by atoms with Gasteiger partial charge in [-0.1, -0.05) is 55.7 Å². The van der Waals surface area contributed by atoms with Crippen LogP contribution in [0.15, 0.2) is 47.5 Å². The first kappa shape index (κ1) is 12.2. The van der Waals surface area contributed by atoms with Crippen molar-refractivity contribution in [3.05, 3.63) is 52.4 Å². The number of hydrogen-bond acceptors (Lipinski definition) is 1. The Kier molecular flexibility index (Phi) is 4.79. The molecule has 1 heterocycles. The lowest BCUT2D eigenvalue weighted by molar-refractivity contribution is 1.76. The second-order valence-corrected chi connectivity index (χ2v) is 10.5. The molecule has 0 aliphatic carbocycles. The van der Waals surface area contributed by atoms with E-state index in [0.717, 1.165) is 0 Å². The first-order chi connectivity index (χ1) is 7.08. The molecule has 0 unspecified atom stereocenters. The summed E-state index contributed by atoms with van der Waals surface area (Å²) in [5.74, 6) is 0. The SMILES string of the molecule is C[Si](C)(C)/C=C/C=C/C=C/c1cccs1. The second-order valence-electron chi connectivity index (χ2n) is 4.48. The van der Waals surface area contributed by atoms with E-state index < -0.39 is 8.07 Å². The minimum absolute atomic E-state index is 1.02. The van der Waals surface area contributed by atoms with E-state index in [2.05, 4.69) is 73.2 Å². The molecule has 0 aromatic carbocycles. The molecule has 1 aromatic rings. The highest BCUT2D eigenvalue weighted by Crippen LogP contribution is 2.10. The number of rotatable bonds is 4. The Bertz CT molecular complexity index is 350. The van der Waals surface area contributed by atoms with Crippen LogP contribution in [0.2, 0.25) is 19.6 Å². The molecule has 0 fully saturated rings. The van der Waals surface area contributed by atoms with Gasteiger partial charge >= 0.3 is 0 Å². The maximum Gasteiger partial charge on any atom is 0.0687 e. The Morgan fingerprint density at radius 2 is 1.80 bits per heavy atom. The maximum atomic E-state index is 2.34. The molecular formula is C13H18SSi. The van der Waals surface area contributed by atoms with Crippen LogP contribution < -0.4 is 0 Å². The van der Waals surface area contributed by atoms with E-state index in [9.17, 15) is 0 Å². The molecule has 0 N–H and O–H groups in total. The van der Waals surface area contributed by atoms with Gasteiger partial charge in [-0.3, -0.25) is 0 Å². The number of allylic oxidation sites excluding steroid dienone is 4. The lowest BCUT2D eigenvalue weighted by Crippen LogP contribution is -2.14. The second kappa shape index (κ2) is 5.88. The van der Waals surface area contributed by atoms with Gasteiger partial charge in [0.05, 0.1) is 8.07 Å². The fraction of sp³-hybridized carbons (Fsp3) is 0.231. The highest BCUT2D eigenvalue weighted by Gasteiger charge is 2.05. The van der Waals surface area contributed by atoms with Crippen LogP contribution in [0, 0.1) is 0 Å². The van der Waals surface area contributed by atoms with E-state index in [0.29, 0.717) is 0 Å². The highest BCUT2D eigenvalue weighted by atomic mass is 32.1. The predicted octanol–water partition coefficient (Wildman–Crippen LogP) is 4.75. The van der Waals surface area contributed by atoms with Gasteiger partial charge in [-0.2, -0.15) is 0 Å². The molecule has 0 radical (unpaired) electrons. The van der Waals surface area contributed by atoms with Crippen molar-refractivity contribution in [2.75, 3.05) is 0 Å². The molecule has 1 rings (SSSR count). The summed E-state index contributed by atoms with van der Waals surface area (Å²) < 4.78 is 0. The summed E-state index contributed by atoms with van der Waals surface area (Å²) in [4.78, 5) is 1.30. The summed E-state index contributed by atoms with van der Waals surface area (Å²) >= 11 is 1.76. The van der Waals surface area contributed by atoms with Crippen molar-refractivity contribution in [1.29, 1.82) is 0 Å². The number of thiophene rings is 1. The van der Waals surface area contributed by atoms with Gasteiger partial charge < -0.3 is 0 Å². The first-order valence-corrected chi connectivity index (χ1v) is 9.60. The van der Waals surface area contributed by atoms with E-state index in [4.69, 9.17) is 0 Å². The molecule has 0 nitrogen and oxygen atoms in total. The molecule has 15 heavy (non-hydrogen) atoms. The van der Waals surface area contributed by atoms with Crippen LogP contribution in [0.3, 0.4) is 0 Å². The Morgan fingerprint density at radius 3 is 2.40 bits per heavy atom. The van der Waals surface area contributed by atoms with Crippen molar-refractivity contribution in [1.82, 2.24) is 0 Å². The van der Waals surface area contributed by atoms with Crippen molar-refractivity contribution >= 4 is 25.5 Å². The van der Waals surface area contributed by atoms with Gasteiger partial charge in [0.25, 0.3) is 0 Å². The Labute approximate surface area is 97.7 Å². The molecule has 0 bridgehead atoms. The molecule has 0 amide bonds. The fourth-order valence-electron chi connectivity index (χ4n) is 1.01. The fourth-order valence-corrected chi connectivity index (χ4v) is 2.33. The Morgan fingerprint density at radius 1 is 1.07 bits per heavy atom. The van der Waals surface area contributed by atoms with Crippen molar-refractivity contribution in [3.8, 4) is 0 Å². The van der Waals surface area contributed by atoms with E-state index in [1.807, 2.05) is 0 Å². The van der Waals surface area contributed by atoms with Crippen molar-refractivity contribution in [3.63, 3.8) is 0 Å². The van der Waals surface area contributed by atoms with E-state index in [1.54, 1.807) is 11.3 Å². The van der Waals surface area contributed by atoms with Gasteiger partial charge in [0.15, 0.2) is 0 Å². The third-order valence-corrected chi connectivity index (χ3v) is 3.76. The summed E-state index contributed by atoms with van der Waals surface area (Å²) in [5, 5.41) is 2.09. The largest absolute Gasteiger partial charge is 0.144 e. The van der Waals surface area contributed by atoms with E-state index in [1.165, 1.54) is 4.88 Å². The molecule has 1 aromatic heterocycles. The lowest BCUT2D eigenvalue weighted by Gasteiger charge is -2.06. The van der Waals surface area contributed by atoms with Crippen molar-refractivity contribution in [2.24, 2.45) is 0 Å². The lowest BCUT2D eigenvalue weighted by atomic mass is 10.4. The van der Waals surface area contributed by atoms with Gasteiger partial charge in [0, 0.05) is 4.88 Å². The summed E-state index contributed by atoms with van der Waals surface area (Å²) in [6.07, 6.45) is 10.5. The quantitative estimate of drug-likeness (QED) is 0.521. The molecule has 0 aliphatic rings. The minimum atomic E-state index is -1.02. The Hall–Kier alpha value is -0.863. The van der Waals surface area contributed by atoms with Gasteiger partial charge in [-0.05, 0) is 17.5 Å². The predicted molar refractivity (Wildman–Crippen MR) is 75.0 cm³/mol. The van der Waals surface area contributed by atoms with Crippen LogP contribution >= 0.6 is 11.3 Å². The van der Waals surface area contributed by atoms with E-state index in [-0.39, 0.29) is 0 Å². The zero-order valence-corrected chi connectivity index (χ0v) is 11.4. The molecule has 0 aliphatic heterocycles. The van der Waals surface area contributed by atoms with E-state index >= 15 is 0 Å². The molecule has 2 heteroatoms. The van der Waals surface area contributed by atoms with Crippen molar-refractivity contribution in [2.45, 2.75) is 19.6 Å². The smallest absolute Gasteiger partial charge is 0.0687 e. The van der Waals surface area contributed by atoms with Gasteiger partial charge in [-0.25, -0.2) is 0 Å². The number of hydrogen-bond donors (Lipinski definition) is 0. The van der Waals surface area contributed by atoms with Crippen LogP contribution in [0.4, 0.5) is 0 Å². The third kappa shape index (κ3) is 6.26.